The summed E-state index contributed by atoms with van der Waals surface area (Å²) in [6, 6.07) is 1.22. The number of hydrogen-bond donors (Lipinski definition) is 2. The van der Waals surface area contributed by atoms with Gasteiger partial charge in [-0.1, -0.05) is 0 Å². The molecule has 1 aromatic heterocycles. The number of carboxylic acid groups (broad SMARTS) is 1. The molecule has 1 aromatic rings. The Morgan fingerprint density at radius 2 is 2.21 bits per heavy atom. The van der Waals surface area contributed by atoms with Gasteiger partial charge >= 0.3 is 12.1 Å². The molecule has 78 valence electrons. The molecule has 14 heavy (non-hydrogen) atoms. The highest BCUT2D eigenvalue weighted by Gasteiger charge is 2.42. The second-order valence-corrected chi connectivity index (χ2v) is 2.84. The van der Waals surface area contributed by atoms with Crippen LogP contribution in [0.5, 0.6) is 0 Å². The summed E-state index contributed by atoms with van der Waals surface area (Å²) in [6.07, 6.45) is -2.99. The number of aliphatic carboxylic acids is 1. The number of hydrogen-bond acceptors (Lipinski definition) is 1. The predicted octanol–water partition coefficient (Wildman–Crippen LogP) is 2.14. The second-order valence-electron chi connectivity index (χ2n) is 2.84. The number of aromatic amines is 1. The van der Waals surface area contributed by atoms with Gasteiger partial charge in [0.05, 0.1) is 12.3 Å². The Morgan fingerprint density at radius 1 is 1.57 bits per heavy atom. The van der Waals surface area contributed by atoms with Gasteiger partial charge in [0.1, 0.15) is 0 Å². The summed E-state index contributed by atoms with van der Waals surface area (Å²) in [4.78, 5) is 12.7. The fourth-order valence-corrected chi connectivity index (χ4v) is 1.15. The predicted molar refractivity (Wildman–Crippen MR) is 41.8 cm³/mol. The molecule has 0 bridgehead atoms. The maximum absolute atomic E-state index is 12.4. The third-order valence-corrected chi connectivity index (χ3v) is 1.80. The molecule has 0 amide bonds. The van der Waals surface area contributed by atoms with Crippen molar-refractivity contribution in [1.29, 1.82) is 0 Å². The number of carbonyl (C=O) groups is 1. The molecule has 0 aliphatic rings. The Labute approximate surface area is 77.6 Å². The first-order valence-corrected chi connectivity index (χ1v) is 3.82. The smallest absolute Gasteiger partial charge is 0.396 e. The summed E-state index contributed by atoms with van der Waals surface area (Å²) < 4.78 is 37.1. The van der Waals surface area contributed by atoms with Crippen LogP contribution < -0.4 is 0 Å². The summed E-state index contributed by atoms with van der Waals surface area (Å²) in [5, 5.41) is 8.34. The lowest BCUT2D eigenvalue weighted by Crippen LogP contribution is -2.23. The van der Waals surface area contributed by atoms with Gasteiger partial charge in [0.25, 0.3) is 0 Å². The molecule has 0 fully saturated rings. The quantitative estimate of drug-likeness (QED) is 0.797. The van der Waals surface area contributed by atoms with E-state index in [0.717, 1.165) is 6.20 Å². The van der Waals surface area contributed by atoms with Crippen molar-refractivity contribution in [2.45, 2.75) is 18.5 Å². The van der Waals surface area contributed by atoms with E-state index in [1.165, 1.54) is 12.3 Å². The number of alkyl halides is 3. The van der Waals surface area contributed by atoms with E-state index in [0.29, 0.717) is 0 Å². The molecule has 0 saturated carbocycles. The van der Waals surface area contributed by atoms with E-state index in [4.69, 9.17) is 5.11 Å². The Morgan fingerprint density at radius 3 is 2.57 bits per heavy atom. The van der Waals surface area contributed by atoms with Crippen molar-refractivity contribution in [2.24, 2.45) is 0 Å². The van der Waals surface area contributed by atoms with E-state index in [1.807, 2.05) is 0 Å². The molecule has 1 unspecified atom stereocenters. The monoisotopic (exact) mass is 207 g/mol. The van der Waals surface area contributed by atoms with Crippen LogP contribution in [0, 0.1) is 0 Å². The highest BCUT2D eigenvalue weighted by Crippen LogP contribution is 2.37. The Hall–Kier alpha value is -1.46. The van der Waals surface area contributed by atoms with Crippen LogP contribution in [0.15, 0.2) is 18.5 Å². The molecule has 0 aliphatic carbocycles. The fraction of sp³-hybridized carbons (Fsp3) is 0.375. The first-order valence-electron chi connectivity index (χ1n) is 3.82. The van der Waals surface area contributed by atoms with Gasteiger partial charge in [-0.2, -0.15) is 13.2 Å². The highest BCUT2D eigenvalue weighted by atomic mass is 19.4. The summed E-state index contributed by atoms with van der Waals surface area (Å²) in [6.45, 7) is 0. The van der Waals surface area contributed by atoms with E-state index in [2.05, 4.69) is 4.98 Å². The van der Waals surface area contributed by atoms with Crippen LogP contribution in [0.3, 0.4) is 0 Å². The zero-order valence-corrected chi connectivity index (χ0v) is 7.01. The molecule has 0 radical (unpaired) electrons. The SMILES string of the molecule is O=C(O)CC(c1cc[nH]c1)C(F)(F)F. The van der Waals surface area contributed by atoms with Gasteiger partial charge in [-0.05, 0) is 11.6 Å². The standard InChI is InChI=1S/C8H8F3NO2/c9-8(10,11)6(3-7(13)14)5-1-2-12-4-5/h1-2,4,6,12H,3H2,(H,13,14). The van der Waals surface area contributed by atoms with E-state index in [1.54, 1.807) is 0 Å². The van der Waals surface area contributed by atoms with Crippen molar-refractivity contribution in [3.05, 3.63) is 24.0 Å². The molecule has 0 spiro atoms. The number of nitrogens with one attached hydrogen (secondary N) is 1. The van der Waals surface area contributed by atoms with Gasteiger partial charge in [0.15, 0.2) is 0 Å². The van der Waals surface area contributed by atoms with Crippen molar-refractivity contribution < 1.29 is 23.1 Å². The molecule has 0 aliphatic heterocycles. The van der Waals surface area contributed by atoms with Crippen molar-refractivity contribution >= 4 is 5.97 Å². The minimum atomic E-state index is -4.53. The minimum absolute atomic E-state index is 0.0556. The normalized spacial score (nSPS) is 13.9. The molecule has 1 atom stereocenters. The average Bonchev–Trinajstić information content (AvgIpc) is 2.49. The van der Waals surface area contributed by atoms with Crippen molar-refractivity contribution in [3.63, 3.8) is 0 Å². The van der Waals surface area contributed by atoms with Crippen LogP contribution in [0.25, 0.3) is 0 Å². The highest BCUT2D eigenvalue weighted by molar-refractivity contribution is 5.68. The molecule has 0 aromatic carbocycles. The van der Waals surface area contributed by atoms with E-state index in [-0.39, 0.29) is 5.56 Å². The van der Waals surface area contributed by atoms with Crippen molar-refractivity contribution in [1.82, 2.24) is 4.98 Å². The lowest BCUT2D eigenvalue weighted by Gasteiger charge is -2.16. The first kappa shape index (κ1) is 10.6. The Bertz CT molecular complexity index is 305. The second kappa shape index (κ2) is 3.73. The minimum Gasteiger partial charge on any atom is -0.481 e. The third kappa shape index (κ3) is 2.51. The van der Waals surface area contributed by atoms with Crippen molar-refractivity contribution in [3.8, 4) is 0 Å². The zero-order chi connectivity index (χ0) is 10.8. The van der Waals surface area contributed by atoms with Gasteiger partial charge in [0.2, 0.25) is 0 Å². The van der Waals surface area contributed by atoms with Crippen LogP contribution in [0.1, 0.15) is 17.9 Å². The topological polar surface area (TPSA) is 53.1 Å². The molecule has 6 heteroatoms. The molecular formula is C8H8F3NO2. The maximum Gasteiger partial charge on any atom is 0.396 e. The summed E-state index contributed by atoms with van der Waals surface area (Å²) in [5.74, 6) is -3.40. The number of aromatic nitrogens is 1. The van der Waals surface area contributed by atoms with Gasteiger partial charge in [-0.3, -0.25) is 4.79 Å². The van der Waals surface area contributed by atoms with Gasteiger partial charge < -0.3 is 10.1 Å². The third-order valence-electron chi connectivity index (χ3n) is 1.80. The maximum atomic E-state index is 12.4. The number of carboxylic acids is 1. The van der Waals surface area contributed by atoms with E-state index in [9.17, 15) is 18.0 Å². The molecule has 2 N–H and O–H groups in total. The van der Waals surface area contributed by atoms with Crippen LogP contribution >= 0.6 is 0 Å². The average molecular weight is 207 g/mol. The number of H-pyrrole nitrogens is 1. The fourth-order valence-electron chi connectivity index (χ4n) is 1.15. The van der Waals surface area contributed by atoms with Crippen LogP contribution in [0.2, 0.25) is 0 Å². The van der Waals surface area contributed by atoms with Gasteiger partial charge in [0, 0.05) is 12.4 Å². The van der Waals surface area contributed by atoms with E-state index >= 15 is 0 Å². The lowest BCUT2D eigenvalue weighted by molar-refractivity contribution is -0.163. The summed E-state index contributed by atoms with van der Waals surface area (Å²) in [7, 11) is 0. The number of halogens is 3. The Balaban J connectivity index is 2.89. The van der Waals surface area contributed by atoms with E-state index < -0.39 is 24.5 Å². The zero-order valence-electron chi connectivity index (χ0n) is 7.01. The molecule has 3 nitrogen and oxygen atoms in total. The molecular weight excluding hydrogens is 199 g/mol. The first-order chi connectivity index (χ1) is 6.41. The molecule has 1 heterocycles. The van der Waals surface area contributed by atoms with Crippen molar-refractivity contribution in [2.75, 3.05) is 0 Å². The molecule has 1 rings (SSSR count). The molecule has 0 saturated heterocycles. The summed E-state index contributed by atoms with van der Waals surface area (Å²) in [5.41, 5.74) is -0.0556. The Kier molecular flexibility index (Phi) is 2.83. The van der Waals surface area contributed by atoms with Crippen LogP contribution in [-0.4, -0.2) is 22.2 Å². The van der Waals surface area contributed by atoms with Crippen LogP contribution in [-0.2, 0) is 4.79 Å². The van der Waals surface area contributed by atoms with Gasteiger partial charge in [-0.25, -0.2) is 0 Å². The largest absolute Gasteiger partial charge is 0.481 e. The number of rotatable bonds is 3. The summed E-state index contributed by atoms with van der Waals surface area (Å²) >= 11 is 0. The lowest BCUT2D eigenvalue weighted by atomic mass is 9.98. The van der Waals surface area contributed by atoms with Crippen LogP contribution in [0.4, 0.5) is 13.2 Å². The van der Waals surface area contributed by atoms with Gasteiger partial charge in [-0.15, -0.1) is 0 Å².